The molecule has 2 unspecified atom stereocenters. The van der Waals surface area contributed by atoms with E-state index in [4.69, 9.17) is 10.00 Å². The smallest absolute Gasteiger partial charge is 0.243 e. The minimum absolute atomic E-state index is 0.0890. The van der Waals surface area contributed by atoms with Gasteiger partial charge in [0.15, 0.2) is 0 Å². The molecular formula is C13H24N2O2. The second-order valence-electron chi connectivity index (χ2n) is 4.55. The summed E-state index contributed by atoms with van der Waals surface area (Å²) in [6, 6.07) is 2.27. The molecule has 0 N–H and O–H groups in total. The maximum absolute atomic E-state index is 12.4. The molecule has 17 heavy (non-hydrogen) atoms. The summed E-state index contributed by atoms with van der Waals surface area (Å²) < 4.78 is 5.02. The Morgan fingerprint density at radius 1 is 1.53 bits per heavy atom. The van der Waals surface area contributed by atoms with Gasteiger partial charge in [0.2, 0.25) is 5.91 Å². The SMILES string of the molecule is CCC(C)N(CCOC)C(=O)C(C)(C#N)CC. The second-order valence-corrected chi connectivity index (χ2v) is 4.55. The van der Waals surface area contributed by atoms with E-state index in [-0.39, 0.29) is 11.9 Å². The summed E-state index contributed by atoms with van der Waals surface area (Å²) in [6.07, 6.45) is 1.41. The van der Waals surface area contributed by atoms with Crippen LogP contribution in [0, 0.1) is 16.7 Å². The summed E-state index contributed by atoms with van der Waals surface area (Å²) in [5, 5.41) is 9.16. The molecule has 0 bridgehead atoms. The lowest BCUT2D eigenvalue weighted by atomic mass is 9.87. The van der Waals surface area contributed by atoms with Crippen LogP contribution >= 0.6 is 0 Å². The average molecular weight is 240 g/mol. The third-order valence-electron chi connectivity index (χ3n) is 3.35. The van der Waals surface area contributed by atoms with Crippen molar-refractivity contribution in [1.82, 2.24) is 4.90 Å². The van der Waals surface area contributed by atoms with Crippen LogP contribution in [0.15, 0.2) is 0 Å². The summed E-state index contributed by atoms with van der Waals surface area (Å²) in [4.78, 5) is 14.1. The number of amides is 1. The number of carbonyl (C=O) groups is 1. The molecule has 0 heterocycles. The normalized spacial score (nSPS) is 15.8. The van der Waals surface area contributed by atoms with E-state index in [0.29, 0.717) is 19.6 Å². The fourth-order valence-corrected chi connectivity index (χ4v) is 1.53. The molecule has 0 aliphatic heterocycles. The van der Waals surface area contributed by atoms with Crippen molar-refractivity contribution in [3.05, 3.63) is 0 Å². The van der Waals surface area contributed by atoms with E-state index in [2.05, 4.69) is 6.07 Å². The Hall–Kier alpha value is -1.08. The lowest BCUT2D eigenvalue weighted by Gasteiger charge is -2.33. The molecule has 0 rings (SSSR count). The van der Waals surface area contributed by atoms with Gasteiger partial charge in [0.05, 0.1) is 12.7 Å². The lowest BCUT2D eigenvalue weighted by molar-refractivity contribution is -0.141. The Balaban J connectivity index is 4.92. The van der Waals surface area contributed by atoms with Gasteiger partial charge in [-0.05, 0) is 26.7 Å². The molecule has 4 nitrogen and oxygen atoms in total. The molecular weight excluding hydrogens is 216 g/mol. The standard InChI is InChI=1S/C13H24N2O2/c1-6-11(3)15(8-9-17-5)12(16)13(4,7-2)10-14/h11H,6-9H2,1-5H3. The predicted molar refractivity (Wildman–Crippen MR) is 67.4 cm³/mol. The zero-order valence-corrected chi connectivity index (χ0v) is 11.6. The Labute approximate surface area is 105 Å². The van der Waals surface area contributed by atoms with E-state index in [9.17, 15) is 4.79 Å². The zero-order chi connectivity index (χ0) is 13.5. The second kappa shape index (κ2) is 7.29. The minimum Gasteiger partial charge on any atom is -0.383 e. The maximum Gasteiger partial charge on any atom is 0.243 e. The fourth-order valence-electron chi connectivity index (χ4n) is 1.53. The largest absolute Gasteiger partial charge is 0.383 e. The van der Waals surface area contributed by atoms with Crippen molar-refractivity contribution in [3.8, 4) is 6.07 Å². The first-order chi connectivity index (χ1) is 7.96. The van der Waals surface area contributed by atoms with Gasteiger partial charge < -0.3 is 9.64 Å². The molecule has 0 fully saturated rings. The van der Waals surface area contributed by atoms with Gasteiger partial charge in [-0.3, -0.25) is 4.79 Å². The Bertz CT molecular complexity index is 286. The summed E-state index contributed by atoms with van der Waals surface area (Å²) in [7, 11) is 1.61. The van der Waals surface area contributed by atoms with Crippen LogP contribution in [-0.2, 0) is 9.53 Å². The van der Waals surface area contributed by atoms with Crippen molar-refractivity contribution in [2.24, 2.45) is 5.41 Å². The minimum atomic E-state index is -0.919. The third-order valence-corrected chi connectivity index (χ3v) is 3.35. The number of rotatable bonds is 7. The average Bonchev–Trinajstić information content (AvgIpc) is 2.37. The van der Waals surface area contributed by atoms with Crippen LogP contribution in [0.5, 0.6) is 0 Å². The van der Waals surface area contributed by atoms with Gasteiger partial charge in [-0.2, -0.15) is 5.26 Å². The first-order valence-corrected chi connectivity index (χ1v) is 6.18. The molecule has 0 aliphatic carbocycles. The molecule has 0 saturated carbocycles. The van der Waals surface area contributed by atoms with E-state index in [1.165, 1.54) is 0 Å². The van der Waals surface area contributed by atoms with Crippen molar-refractivity contribution in [2.75, 3.05) is 20.3 Å². The highest BCUT2D eigenvalue weighted by Gasteiger charge is 2.36. The van der Waals surface area contributed by atoms with Gasteiger partial charge in [-0.25, -0.2) is 0 Å². The van der Waals surface area contributed by atoms with Gasteiger partial charge in [0, 0.05) is 19.7 Å². The Kier molecular flexibility index (Phi) is 6.82. The highest BCUT2D eigenvalue weighted by molar-refractivity contribution is 5.85. The molecule has 0 radical (unpaired) electrons. The molecule has 0 aromatic carbocycles. The Morgan fingerprint density at radius 2 is 2.12 bits per heavy atom. The molecule has 4 heteroatoms. The first kappa shape index (κ1) is 15.9. The van der Waals surface area contributed by atoms with E-state index in [1.54, 1.807) is 18.9 Å². The van der Waals surface area contributed by atoms with Gasteiger partial charge >= 0.3 is 0 Å². The predicted octanol–water partition coefficient (Wildman–Crippen LogP) is 2.20. The molecule has 2 atom stereocenters. The molecule has 1 amide bonds. The molecule has 0 spiro atoms. The van der Waals surface area contributed by atoms with Crippen molar-refractivity contribution in [3.63, 3.8) is 0 Å². The first-order valence-electron chi connectivity index (χ1n) is 6.18. The topological polar surface area (TPSA) is 53.3 Å². The van der Waals surface area contributed by atoms with E-state index in [0.717, 1.165) is 6.42 Å². The van der Waals surface area contributed by atoms with E-state index >= 15 is 0 Å². The molecule has 0 aliphatic rings. The number of methoxy groups -OCH3 is 1. The zero-order valence-electron chi connectivity index (χ0n) is 11.6. The maximum atomic E-state index is 12.4. The quantitative estimate of drug-likeness (QED) is 0.685. The number of carbonyl (C=O) groups excluding carboxylic acids is 1. The van der Waals surface area contributed by atoms with Crippen LogP contribution in [0.3, 0.4) is 0 Å². The number of nitrogens with zero attached hydrogens (tertiary/aromatic N) is 2. The van der Waals surface area contributed by atoms with E-state index in [1.807, 2.05) is 20.8 Å². The summed E-state index contributed by atoms with van der Waals surface area (Å²) in [5.74, 6) is -0.0890. The Morgan fingerprint density at radius 3 is 2.47 bits per heavy atom. The van der Waals surface area contributed by atoms with Gasteiger partial charge in [-0.1, -0.05) is 13.8 Å². The van der Waals surface area contributed by atoms with E-state index < -0.39 is 5.41 Å². The van der Waals surface area contributed by atoms with Gasteiger partial charge in [-0.15, -0.1) is 0 Å². The summed E-state index contributed by atoms with van der Waals surface area (Å²) in [6.45, 7) is 8.65. The van der Waals surface area contributed by atoms with Crippen molar-refractivity contribution >= 4 is 5.91 Å². The van der Waals surface area contributed by atoms with Crippen LogP contribution in [-0.4, -0.2) is 37.1 Å². The van der Waals surface area contributed by atoms with Gasteiger partial charge in [0.1, 0.15) is 5.41 Å². The molecule has 0 aromatic rings. The third kappa shape index (κ3) is 4.01. The molecule has 98 valence electrons. The monoisotopic (exact) mass is 240 g/mol. The van der Waals surface area contributed by atoms with Crippen molar-refractivity contribution in [1.29, 1.82) is 5.26 Å². The number of hydrogen-bond donors (Lipinski definition) is 0. The summed E-state index contributed by atoms with van der Waals surface area (Å²) in [5.41, 5.74) is -0.919. The van der Waals surface area contributed by atoms with Crippen LogP contribution in [0.25, 0.3) is 0 Å². The fraction of sp³-hybridized carbons (Fsp3) is 0.846. The van der Waals surface area contributed by atoms with Crippen molar-refractivity contribution in [2.45, 2.75) is 46.6 Å². The summed E-state index contributed by atoms with van der Waals surface area (Å²) >= 11 is 0. The van der Waals surface area contributed by atoms with Crippen LogP contribution in [0.2, 0.25) is 0 Å². The van der Waals surface area contributed by atoms with Gasteiger partial charge in [0.25, 0.3) is 0 Å². The van der Waals surface area contributed by atoms with Crippen LogP contribution in [0.1, 0.15) is 40.5 Å². The number of nitriles is 1. The molecule has 0 aromatic heterocycles. The number of hydrogen-bond acceptors (Lipinski definition) is 3. The number of ether oxygens (including phenoxy) is 1. The van der Waals surface area contributed by atoms with Crippen LogP contribution < -0.4 is 0 Å². The van der Waals surface area contributed by atoms with Crippen LogP contribution in [0.4, 0.5) is 0 Å². The highest BCUT2D eigenvalue weighted by Crippen LogP contribution is 2.24. The lowest BCUT2D eigenvalue weighted by Crippen LogP contribution is -2.47. The molecule has 0 saturated heterocycles. The highest BCUT2D eigenvalue weighted by atomic mass is 16.5. The van der Waals surface area contributed by atoms with Crippen molar-refractivity contribution < 1.29 is 9.53 Å².